The lowest BCUT2D eigenvalue weighted by atomic mass is 9.12. The molecule has 482 valence electrons. The van der Waals surface area contributed by atoms with Crippen molar-refractivity contribution in [2.45, 2.75) is 56.0 Å². The average Bonchev–Trinajstić information content (AvgIpc) is 0.711. The predicted octanol–water partition coefficient (Wildman–Crippen LogP) is 19.6. The molecule has 0 atom stereocenters. The Hall–Kier alpha value is -9.43. The standard InChI is InChI=1S/C34H24NO.C32H12BF24/c1-2-10-24(11-3-1)23-35-32-17-9-7-12-25(32)18-19-33(35)36-34-30-16-8-6-15-28(30)21-29-20-26-13-4-5-14-27(26)22-31(29)34;34-25(35,36)13-1-14(26(37,38)39)6-21(5-13)33(22-7-15(27(40,41)42)2-16(8-22)28(43,44)45,23-9-17(29(46,47)48)3-18(10-23)30(49,50)51)24-11-19(31(52,53)54)4-20(12-24)32(55,56)57/h1-22H,23H2;1-12H/q+1;-1. The molecule has 2 nitrogen and oxygen atoms in total. The molecule has 1 heterocycles. The number of ether oxygens (including phenoxy) is 1. The van der Waals surface area contributed by atoms with Crippen LogP contribution in [-0.4, -0.2) is 6.15 Å². The van der Waals surface area contributed by atoms with Gasteiger partial charge in [0.15, 0.2) is 6.54 Å². The third kappa shape index (κ3) is 13.9. The monoisotopic (exact) mass is 1330 g/mol. The van der Waals surface area contributed by atoms with Gasteiger partial charge in [-0.15, -0.1) is 0 Å². The van der Waals surface area contributed by atoms with E-state index in [1.807, 2.05) is 0 Å². The molecule has 0 aliphatic rings. The van der Waals surface area contributed by atoms with E-state index in [-0.39, 0.29) is 0 Å². The van der Waals surface area contributed by atoms with Crippen molar-refractivity contribution < 1.29 is 115 Å². The summed E-state index contributed by atoms with van der Waals surface area (Å²) in [6.45, 7) is 0.725. The zero-order valence-electron chi connectivity index (χ0n) is 46.3. The summed E-state index contributed by atoms with van der Waals surface area (Å²) in [7, 11) is 0. The van der Waals surface area contributed by atoms with Gasteiger partial charge in [0.2, 0.25) is 5.52 Å². The molecule has 0 saturated heterocycles. The first-order chi connectivity index (χ1) is 43.1. The summed E-state index contributed by atoms with van der Waals surface area (Å²) in [5.41, 5.74) is -27.8. The molecule has 0 amide bonds. The van der Waals surface area contributed by atoms with Crippen LogP contribution in [0.4, 0.5) is 105 Å². The molecule has 0 fully saturated rings. The number of aromatic nitrogens is 1. The van der Waals surface area contributed by atoms with Gasteiger partial charge in [0.1, 0.15) is 11.9 Å². The van der Waals surface area contributed by atoms with Crippen molar-refractivity contribution in [2.75, 3.05) is 0 Å². The number of benzene rings is 10. The fourth-order valence-electron chi connectivity index (χ4n) is 11.3. The normalized spacial score (nSPS) is 13.2. The molecule has 0 spiro atoms. The number of hydrogen-bond acceptors (Lipinski definition) is 1. The summed E-state index contributed by atoms with van der Waals surface area (Å²) in [5.74, 6) is 1.72. The number of halogens is 24. The summed E-state index contributed by atoms with van der Waals surface area (Å²) in [6, 6.07) is 38.3. The van der Waals surface area contributed by atoms with Gasteiger partial charge in [-0.05, 0) is 76.1 Å². The van der Waals surface area contributed by atoms with Crippen LogP contribution >= 0.6 is 0 Å². The van der Waals surface area contributed by atoms with Gasteiger partial charge >= 0.3 is 55.3 Å². The molecule has 27 heteroatoms. The Morgan fingerprint density at radius 2 is 0.581 bits per heavy atom. The molecule has 0 saturated carbocycles. The predicted molar refractivity (Wildman–Crippen MR) is 299 cm³/mol. The SMILES string of the molecule is FC(F)(F)c1cc([B-](c2cc(C(F)(F)F)cc(C(F)(F)F)c2)(c2cc(C(F)(F)F)cc(C(F)(F)F)c2)c2cc(C(F)(F)F)cc(C(F)(F)F)c2)cc(C(F)(F)F)c1.c1ccc(C[n+]2c(Oc3c4ccccc4cc4cc5ccccc5cc34)ccc3ccccc32)cc1. The molecule has 93 heavy (non-hydrogen) atoms. The zero-order valence-corrected chi connectivity index (χ0v) is 46.3. The minimum absolute atomic E-state index is 0.691. The van der Waals surface area contributed by atoms with E-state index in [4.69, 9.17) is 4.74 Å². The minimum Gasteiger partial charge on any atom is -0.404 e. The van der Waals surface area contributed by atoms with Crippen molar-refractivity contribution in [1.29, 1.82) is 0 Å². The Labute approximate surface area is 508 Å². The third-order valence-corrected chi connectivity index (χ3v) is 15.4. The Morgan fingerprint density at radius 3 is 0.957 bits per heavy atom. The van der Waals surface area contributed by atoms with Gasteiger partial charge in [0.05, 0.1) is 50.6 Å². The van der Waals surface area contributed by atoms with Gasteiger partial charge in [0, 0.05) is 27.8 Å². The molecule has 0 unspecified atom stereocenters. The molecular weight excluding hydrogens is 1290 g/mol. The first kappa shape index (κ1) is 66.5. The highest BCUT2D eigenvalue weighted by Gasteiger charge is 2.47. The lowest BCUT2D eigenvalue weighted by molar-refractivity contribution is -0.666. The van der Waals surface area contributed by atoms with Gasteiger partial charge in [-0.3, -0.25) is 0 Å². The van der Waals surface area contributed by atoms with E-state index < -0.39 is 195 Å². The number of alkyl halides is 24. The smallest absolute Gasteiger partial charge is 0.404 e. The number of pyridine rings is 1. The molecular formula is C66H36BF24NO. The molecule has 0 radical (unpaired) electrons. The molecule has 0 aliphatic heterocycles. The van der Waals surface area contributed by atoms with Crippen molar-refractivity contribution in [3.63, 3.8) is 0 Å². The summed E-state index contributed by atoms with van der Waals surface area (Å²) in [5, 5.41) is 8.21. The van der Waals surface area contributed by atoms with Gasteiger partial charge in [-0.2, -0.15) is 132 Å². The number of hydrogen-bond donors (Lipinski definition) is 0. The van der Waals surface area contributed by atoms with Crippen LogP contribution in [0, 0.1) is 0 Å². The van der Waals surface area contributed by atoms with E-state index in [9.17, 15) is 105 Å². The van der Waals surface area contributed by atoms with E-state index in [0.29, 0.717) is 0 Å². The van der Waals surface area contributed by atoms with E-state index in [1.165, 1.54) is 32.5 Å². The summed E-state index contributed by atoms with van der Waals surface area (Å²) < 4.78 is 350. The summed E-state index contributed by atoms with van der Waals surface area (Å²) in [4.78, 5) is 0. The highest BCUT2D eigenvalue weighted by Crippen LogP contribution is 2.44. The van der Waals surface area contributed by atoms with Crippen molar-refractivity contribution >= 4 is 71.2 Å². The van der Waals surface area contributed by atoms with Crippen molar-refractivity contribution in [2.24, 2.45) is 0 Å². The fourth-order valence-corrected chi connectivity index (χ4v) is 11.3. The van der Waals surface area contributed by atoms with Crippen LogP contribution in [0.25, 0.3) is 43.2 Å². The number of nitrogens with zero attached hydrogens (tertiary/aromatic N) is 1. The van der Waals surface area contributed by atoms with Crippen LogP contribution in [0.3, 0.4) is 0 Å². The van der Waals surface area contributed by atoms with E-state index in [1.54, 1.807) is 0 Å². The number of para-hydroxylation sites is 1. The molecule has 1 aromatic heterocycles. The van der Waals surface area contributed by atoms with E-state index in [0.717, 1.165) is 34.5 Å². The van der Waals surface area contributed by atoms with Gasteiger partial charge in [-0.1, -0.05) is 140 Å². The van der Waals surface area contributed by atoms with Crippen molar-refractivity contribution in [1.82, 2.24) is 0 Å². The zero-order chi connectivity index (χ0) is 67.8. The number of fused-ring (bicyclic) bond motifs is 4. The fraction of sp³-hybridized carbons (Fsp3) is 0.136. The van der Waals surface area contributed by atoms with E-state index in [2.05, 4.69) is 138 Å². The van der Waals surface area contributed by atoms with Gasteiger partial charge in [0.25, 0.3) is 0 Å². The Kier molecular flexibility index (Phi) is 16.9. The van der Waals surface area contributed by atoms with Crippen LogP contribution < -0.4 is 31.2 Å². The largest absolute Gasteiger partial charge is 0.416 e. The van der Waals surface area contributed by atoms with Crippen LogP contribution in [0.5, 0.6) is 11.6 Å². The second kappa shape index (κ2) is 23.6. The molecule has 0 N–H and O–H groups in total. The third-order valence-electron chi connectivity index (χ3n) is 15.4. The van der Waals surface area contributed by atoms with Gasteiger partial charge in [-0.25, -0.2) is 0 Å². The van der Waals surface area contributed by atoms with E-state index >= 15 is 0 Å². The highest BCUT2D eigenvalue weighted by molar-refractivity contribution is 7.20. The van der Waals surface area contributed by atoms with Crippen molar-refractivity contribution in [3.05, 3.63) is 256 Å². The van der Waals surface area contributed by atoms with Gasteiger partial charge < -0.3 is 4.74 Å². The summed E-state index contributed by atoms with van der Waals surface area (Å²) in [6.07, 6.45) is -54.8. The first-order valence-corrected chi connectivity index (χ1v) is 26.9. The lowest BCUT2D eigenvalue weighted by Crippen LogP contribution is -2.75. The maximum absolute atomic E-state index is 14.2. The molecule has 10 aromatic carbocycles. The topological polar surface area (TPSA) is 13.1 Å². The maximum Gasteiger partial charge on any atom is 0.416 e. The maximum atomic E-state index is 14.2. The second-order valence-electron chi connectivity index (χ2n) is 21.5. The second-order valence-corrected chi connectivity index (χ2v) is 21.5. The Balaban J connectivity index is 0.000000223. The average molecular weight is 1330 g/mol. The number of rotatable bonds is 8. The Bertz CT molecular complexity index is 4190. The molecule has 0 aliphatic carbocycles. The highest BCUT2D eigenvalue weighted by atomic mass is 19.4. The lowest BCUT2D eigenvalue weighted by Gasteiger charge is -2.46. The summed E-state index contributed by atoms with van der Waals surface area (Å²) >= 11 is 0. The van der Waals surface area contributed by atoms with Crippen LogP contribution in [0.1, 0.15) is 50.1 Å². The quantitative estimate of drug-likeness (QED) is 0.0640. The Morgan fingerprint density at radius 1 is 0.269 bits per heavy atom. The molecule has 0 bridgehead atoms. The van der Waals surface area contributed by atoms with Crippen molar-refractivity contribution in [3.8, 4) is 11.6 Å². The van der Waals surface area contributed by atoms with Crippen LogP contribution in [0.2, 0.25) is 0 Å². The van der Waals surface area contributed by atoms with Crippen LogP contribution in [0.15, 0.2) is 206 Å². The first-order valence-electron chi connectivity index (χ1n) is 26.9. The van der Waals surface area contributed by atoms with Crippen LogP contribution in [-0.2, 0) is 56.0 Å². The molecule has 11 aromatic rings. The molecule has 11 rings (SSSR count). The minimum atomic E-state index is -6.13.